The van der Waals surface area contributed by atoms with Crippen LogP contribution in [0, 0.1) is 0 Å². The van der Waals surface area contributed by atoms with Crippen LogP contribution in [-0.4, -0.2) is 57.4 Å². The summed E-state index contributed by atoms with van der Waals surface area (Å²) in [7, 11) is 0. The number of aliphatic hydroxyl groups excluding tert-OH is 3. The summed E-state index contributed by atoms with van der Waals surface area (Å²) in [4.78, 5) is 10.2. The van der Waals surface area contributed by atoms with Crippen molar-refractivity contribution in [3.05, 3.63) is 0 Å². The number of carboxylic acids is 1. The first-order chi connectivity index (χ1) is 6.52. The number of hydrogen-bond acceptors (Lipinski definition) is 5. The number of hydrogen-bond donors (Lipinski definition) is 4. The Hall–Kier alpha value is -0.690. The normalized spacial score (nSPS) is 38.2. The lowest BCUT2D eigenvalue weighted by Crippen LogP contribution is -2.52. The molecule has 1 fully saturated rings. The molecule has 1 aliphatic rings. The number of aliphatic hydroxyl groups is 3. The molecule has 0 radical (unpaired) electrons. The number of carboxylic acid groups (broad SMARTS) is 1. The van der Waals surface area contributed by atoms with Gasteiger partial charge in [0.25, 0.3) is 0 Å². The van der Waals surface area contributed by atoms with Gasteiger partial charge in [-0.15, -0.1) is 0 Å². The van der Waals surface area contributed by atoms with Crippen LogP contribution < -0.4 is 0 Å². The highest BCUT2D eigenvalue weighted by molar-refractivity contribution is 5.66. The van der Waals surface area contributed by atoms with Gasteiger partial charge in [0.15, 0.2) is 0 Å². The van der Waals surface area contributed by atoms with Gasteiger partial charge in [-0.2, -0.15) is 0 Å². The molecule has 3 unspecified atom stereocenters. The van der Waals surface area contributed by atoms with Crippen LogP contribution in [0.25, 0.3) is 0 Å². The average molecular weight is 206 g/mol. The SMILES string of the molecule is O=C(O)CCC1OCC(O)[C@@H](O)C1O. The summed E-state index contributed by atoms with van der Waals surface area (Å²) in [5.74, 6) is -0.985. The van der Waals surface area contributed by atoms with Crippen LogP contribution in [0.4, 0.5) is 0 Å². The fourth-order valence-corrected chi connectivity index (χ4v) is 1.39. The maximum atomic E-state index is 10.2. The van der Waals surface area contributed by atoms with Crippen LogP contribution in [0.2, 0.25) is 0 Å². The molecule has 0 aliphatic carbocycles. The van der Waals surface area contributed by atoms with Gasteiger partial charge in [-0.05, 0) is 6.42 Å². The lowest BCUT2D eigenvalue weighted by molar-refractivity contribution is -0.189. The summed E-state index contributed by atoms with van der Waals surface area (Å²) in [6.07, 6.45) is -4.32. The topological polar surface area (TPSA) is 107 Å². The zero-order valence-corrected chi connectivity index (χ0v) is 7.54. The van der Waals surface area contributed by atoms with Gasteiger partial charge in [0.05, 0.1) is 12.7 Å². The predicted molar refractivity (Wildman–Crippen MR) is 44.6 cm³/mol. The molecule has 6 nitrogen and oxygen atoms in total. The van der Waals surface area contributed by atoms with Gasteiger partial charge in [-0.1, -0.05) is 0 Å². The van der Waals surface area contributed by atoms with Gasteiger partial charge in [0, 0.05) is 6.42 Å². The van der Waals surface area contributed by atoms with E-state index in [4.69, 9.17) is 14.9 Å². The smallest absolute Gasteiger partial charge is 0.303 e. The molecule has 4 atom stereocenters. The first kappa shape index (κ1) is 11.4. The van der Waals surface area contributed by atoms with E-state index in [1.54, 1.807) is 0 Å². The fourth-order valence-electron chi connectivity index (χ4n) is 1.39. The highest BCUT2D eigenvalue weighted by Gasteiger charge is 2.37. The first-order valence-corrected chi connectivity index (χ1v) is 4.40. The molecule has 1 heterocycles. The third-order valence-electron chi connectivity index (χ3n) is 2.25. The maximum absolute atomic E-state index is 10.2. The molecule has 0 aromatic heterocycles. The van der Waals surface area contributed by atoms with Crippen LogP contribution in [0.15, 0.2) is 0 Å². The van der Waals surface area contributed by atoms with Crippen molar-refractivity contribution in [1.29, 1.82) is 0 Å². The molecule has 1 aliphatic heterocycles. The second-order valence-electron chi connectivity index (χ2n) is 3.35. The second kappa shape index (κ2) is 4.70. The van der Waals surface area contributed by atoms with Crippen LogP contribution >= 0.6 is 0 Å². The molecule has 0 aromatic carbocycles. The third-order valence-corrected chi connectivity index (χ3v) is 2.25. The molecule has 0 amide bonds. The molecular formula is C8H14O6. The highest BCUT2D eigenvalue weighted by Crippen LogP contribution is 2.19. The number of carbonyl (C=O) groups is 1. The molecule has 0 bridgehead atoms. The quantitative estimate of drug-likeness (QED) is 0.440. The molecule has 1 saturated heterocycles. The summed E-state index contributed by atoms with van der Waals surface area (Å²) in [5.41, 5.74) is 0. The molecule has 0 spiro atoms. The summed E-state index contributed by atoms with van der Waals surface area (Å²) in [6, 6.07) is 0. The van der Waals surface area contributed by atoms with Crippen LogP contribution in [-0.2, 0) is 9.53 Å². The Labute approximate surface area is 80.7 Å². The zero-order valence-electron chi connectivity index (χ0n) is 7.54. The number of rotatable bonds is 3. The van der Waals surface area contributed by atoms with Crippen molar-refractivity contribution in [1.82, 2.24) is 0 Å². The van der Waals surface area contributed by atoms with Gasteiger partial charge >= 0.3 is 5.97 Å². The van der Waals surface area contributed by atoms with E-state index in [1.807, 2.05) is 0 Å². The van der Waals surface area contributed by atoms with Crippen molar-refractivity contribution in [2.24, 2.45) is 0 Å². The Kier molecular flexibility index (Phi) is 3.82. The van der Waals surface area contributed by atoms with E-state index >= 15 is 0 Å². The van der Waals surface area contributed by atoms with E-state index in [0.717, 1.165) is 0 Å². The molecule has 1 rings (SSSR count). The van der Waals surface area contributed by atoms with Crippen molar-refractivity contribution < 1.29 is 30.0 Å². The molecule has 0 aromatic rings. The van der Waals surface area contributed by atoms with Gasteiger partial charge in [-0.25, -0.2) is 0 Å². The summed E-state index contributed by atoms with van der Waals surface area (Å²) >= 11 is 0. The van der Waals surface area contributed by atoms with Crippen molar-refractivity contribution in [2.45, 2.75) is 37.3 Å². The molecule has 82 valence electrons. The number of aliphatic carboxylic acids is 1. The van der Waals surface area contributed by atoms with E-state index in [9.17, 15) is 15.0 Å². The lowest BCUT2D eigenvalue weighted by Gasteiger charge is -2.35. The van der Waals surface area contributed by atoms with E-state index in [2.05, 4.69) is 0 Å². The van der Waals surface area contributed by atoms with Crippen molar-refractivity contribution >= 4 is 5.97 Å². The maximum Gasteiger partial charge on any atom is 0.303 e. The largest absolute Gasteiger partial charge is 0.481 e. The van der Waals surface area contributed by atoms with Gasteiger partial charge in [-0.3, -0.25) is 4.79 Å². The van der Waals surface area contributed by atoms with Crippen LogP contribution in [0.3, 0.4) is 0 Å². The van der Waals surface area contributed by atoms with E-state index in [1.165, 1.54) is 0 Å². The summed E-state index contributed by atoms with van der Waals surface area (Å²) < 4.78 is 5.00. The molecule has 6 heteroatoms. The molecule has 14 heavy (non-hydrogen) atoms. The highest BCUT2D eigenvalue weighted by atomic mass is 16.5. The van der Waals surface area contributed by atoms with Crippen molar-refractivity contribution in [3.63, 3.8) is 0 Å². The van der Waals surface area contributed by atoms with Crippen LogP contribution in [0.1, 0.15) is 12.8 Å². The minimum atomic E-state index is -1.26. The third kappa shape index (κ3) is 2.65. The second-order valence-corrected chi connectivity index (χ2v) is 3.35. The fraction of sp³-hybridized carbons (Fsp3) is 0.875. The Morgan fingerprint density at radius 1 is 1.29 bits per heavy atom. The van der Waals surface area contributed by atoms with Crippen molar-refractivity contribution in [3.8, 4) is 0 Å². The Morgan fingerprint density at radius 2 is 1.93 bits per heavy atom. The van der Waals surface area contributed by atoms with E-state index in [0.29, 0.717) is 0 Å². The van der Waals surface area contributed by atoms with Crippen LogP contribution in [0.5, 0.6) is 0 Å². The van der Waals surface area contributed by atoms with E-state index < -0.39 is 30.4 Å². The Balaban J connectivity index is 2.42. The Bertz CT molecular complexity index is 206. The average Bonchev–Trinajstić information content (AvgIpc) is 2.13. The minimum absolute atomic E-state index is 0.0808. The number of ether oxygens (including phenoxy) is 1. The summed E-state index contributed by atoms with van der Waals surface area (Å²) in [5, 5.41) is 36.1. The molecule has 0 saturated carbocycles. The molecule has 4 N–H and O–H groups in total. The Morgan fingerprint density at radius 3 is 2.50 bits per heavy atom. The monoisotopic (exact) mass is 206 g/mol. The standard InChI is InChI=1S/C8H14O6/c9-4-3-14-5(1-2-6(10)11)8(13)7(4)12/h4-5,7-9,12-13H,1-3H2,(H,10,11)/t4?,5?,7-,8?/m1/s1. The first-order valence-electron chi connectivity index (χ1n) is 4.40. The van der Waals surface area contributed by atoms with Crippen molar-refractivity contribution in [2.75, 3.05) is 6.61 Å². The van der Waals surface area contributed by atoms with E-state index in [-0.39, 0.29) is 19.4 Å². The minimum Gasteiger partial charge on any atom is -0.481 e. The van der Waals surface area contributed by atoms with Gasteiger partial charge in [0.2, 0.25) is 0 Å². The van der Waals surface area contributed by atoms with Gasteiger partial charge in [0.1, 0.15) is 18.3 Å². The molecular weight excluding hydrogens is 192 g/mol. The van der Waals surface area contributed by atoms with Gasteiger partial charge < -0.3 is 25.2 Å². The predicted octanol–water partition coefficient (Wildman–Crippen LogP) is -1.67. The summed E-state index contributed by atoms with van der Waals surface area (Å²) in [6.45, 7) is -0.0808. The lowest BCUT2D eigenvalue weighted by atomic mass is 9.97. The zero-order chi connectivity index (χ0) is 10.7.